The van der Waals surface area contributed by atoms with Crippen molar-refractivity contribution in [3.8, 4) is 0 Å². The van der Waals surface area contributed by atoms with Gasteiger partial charge in [0.2, 0.25) is 5.95 Å². The van der Waals surface area contributed by atoms with E-state index in [4.69, 9.17) is 5.11 Å². The smallest absolute Gasteiger partial charge is 0.254 e. The van der Waals surface area contributed by atoms with Crippen molar-refractivity contribution in [3.05, 3.63) is 29.8 Å². The summed E-state index contributed by atoms with van der Waals surface area (Å²) < 4.78 is 12.9. The van der Waals surface area contributed by atoms with Crippen LogP contribution in [-0.4, -0.2) is 40.1 Å². The number of carbonyl (C=O) groups excluding carboxylic acids is 1. The standard InChI is InChI=1S/C11H13FN2O2/c12-10-6-8(3-4-13-10)11(16)14-5-1-2-9(14)7-15/h3-4,6,9,15H,1-2,5,7H2. The van der Waals surface area contributed by atoms with Gasteiger partial charge in [0.1, 0.15) is 0 Å². The topological polar surface area (TPSA) is 53.4 Å². The normalized spacial score (nSPS) is 20.1. The third-order valence-corrected chi connectivity index (χ3v) is 2.82. The number of aliphatic hydroxyl groups is 1. The molecule has 5 heteroatoms. The van der Waals surface area contributed by atoms with E-state index in [1.165, 1.54) is 12.3 Å². The molecule has 1 aromatic heterocycles. The summed E-state index contributed by atoms with van der Waals surface area (Å²) in [6.07, 6.45) is 2.95. The maximum Gasteiger partial charge on any atom is 0.254 e. The Hall–Kier alpha value is -1.49. The van der Waals surface area contributed by atoms with Gasteiger partial charge in [0, 0.05) is 24.4 Å². The van der Waals surface area contributed by atoms with E-state index in [1.54, 1.807) is 4.90 Å². The SMILES string of the molecule is O=C(c1ccnc(F)c1)N1CCCC1CO. The minimum atomic E-state index is -0.661. The number of aliphatic hydroxyl groups excluding tert-OH is 1. The fourth-order valence-electron chi connectivity index (χ4n) is 1.99. The molecule has 4 nitrogen and oxygen atoms in total. The number of aromatic nitrogens is 1. The summed E-state index contributed by atoms with van der Waals surface area (Å²) in [6.45, 7) is 0.577. The molecule has 1 aliphatic heterocycles. The first-order chi connectivity index (χ1) is 7.72. The second-order valence-electron chi connectivity index (χ2n) is 3.84. The van der Waals surface area contributed by atoms with Crippen molar-refractivity contribution in [3.63, 3.8) is 0 Å². The predicted octanol–water partition coefficient (Wildman–Crippen LogP) is 0.818. The Bertz CT molecular complexity index is 397. The first-order valence-corrected chi connectivity index (χ1v) is 5.26. The summed E-state index contributed by atoms with van der Waals surface area (Å²) in [6, 6.07) is 2.47. The lowest BCUT2D eigenvalue weighted by atomic mass is 10.2. The quantitative estimate of drug-likeness (QED) is 0.756. The number of nitrogens with zero attached hydrogens (tertiary/aromatic N) is 2. The molecule has 0 bridgehead atoms. The minimum Gasteiger partial charge on any atom is -0.394 e. The Labute approximate surface area is 92.7 Å². The molecule has 1 aromatic rings. The van der Waals surface area contributed by atoms with E-state index in [9.17, 15) is 9.18 Å². The van der Waals surface area contributed by atoms with Crippen molar-refractivity contribution in [1.29, 1.82) is 0 Å². The van der Waals surface area contributed by atoms with Crippen LogP contribution in [-0.2, 0) is 0 Å². The van der Waals surface area contributed by atoms with Gasteiger partial charge in [-0.2, -0.15) is 4.39 Å². The second kappa shape index (κ2) is 4.57. The highest BCUT2D eigenvalue weighted by Gasteiger charge is 2.28. The lowest BCUT2D eigenvalue weighted by molar-refractivity contribution is 0.0677. The summed E-state index contributed by atoms with van der Waals surface area (Å²) >= 11 is 0. The maximum atomic E-state index is 12.9. The number of carbonyl (C=O) groups is 1. The molecule has 1 fully saturated rings. The van der Waals surface area contributed by atoms with Crippen molar-refractivity contribution in [2.24, 2.45) is 0 Å². The highest BCUT2D eigenvalue weighted by molar-refractivity contribution is 5.94. The molecule has 2 heterocycles. The van der Waals surface area contributed by atoms with Crippen LogP contribution in [0.2, 0.25) is 0 Å². The Morgan fingerprint density at radius 2 is 2.50 bits per heavy atom. The van der Waals surface area contributed by atoms with Crippen LogP contribution in [0.3, 0.4) is 0 Å². The van der Waals surface area contributed by atoms with Crippen molar-refractivity contribution < 1.29 is 14.3 Å². The van der Waals surface area contributed by atoms with Crippen molar-refractivity contribution in [2.75, 3.05) is 13.2 Å². The van der Waals surface area contributed by atoms with Gasteiger partial charge in [0.15, 0.2) is 0 Å². The van der Waals surface area contributed by atoms with E-state index < -0.39 is 5.95 Å². The molecular formula is C11H13FN2O2. The first kappa shape index (κ1) is 11.0. The Balaban J connectivity index is 2.18. The summed E-state index contributed by atoms with van der Waals surface area (Å²) in [5.74, 6) is -0.900. The lowest BCUT2D eigenvalue weighted by Crippen LogP contribution is -2.37. The third kappa shape index (κ3) is 2.04. The number of halogens is 1. The number of hydrogen-bond donors (Lipinski definition) is 1. The summed E-state index contributed by atoms with van der Waals surface area (Å²) in [7, 11) is 0. The zero-order chi connectivity index (χ0) is 11.5. The highest BCUT2D eigenvalue weighted by Crippen LogP contribution is 2.19. The number of hydrogen-bond acceptors (Lipinski definition) is 3. The Morgan fingerprint density at radius 3 is 3.19 bits per heavy atom. The van der Waals surface area contributed by atoms with Gasteiger partial charge in [-0.3, -0.25) is 4.79 Å². The number of pyridine rings is 1. The van der Waals surface area contributed by atoms with E-state index in [-0.39, 0.29) is 24.1 Å². The molecule has 2 rings (SSSR count). The molecule has 0 aromatic carbocycles. The van der Waals surface area contributed by atoms with Crippen LogP contribution in [0.5, 0.6) is 0 Å². The molecule has 0 spiro atoms. The molecule has 0 radical (unpaired) electrons. The van der Waals surface area contributed by atoms with Crippen LogP contribution in [0, 0.1) is 5.95 Å². The van der Waals surface area contributed by atoms with E-state index in [2.05, 4.69) is 4.98 Å². The highest BCUT2D eigenvalue weighted by atomic mass is 19.1. The molecule has 1 aliphatic rings. The second-order valence-corrected chi connectivity index (χ2v) is 3.84. The van der Waals surface area contributed by atoms with Gasteiger partial charge >= 0.3 is 0 Å². The molecule has 0 saturated carbocycles. The molecule has 1 N–H and O–H groups in total. The Morgan fingerprint density at radius 1 is 1.69 bits per heavy atom. The van der Waals surface area contributed by atoms with Gasteiger partial charge in [0.05, 0.1) is 12.6 Å². The van der Waals surface area contributed by atoms with E-state index in [0.29, 0.717) is 6.54 Å². The lowest BCUT2D eigenvalue weighted by Gasteiger charge is -2.22. The molecular weight excluding hydrogens is 211 g/mol. The third-order valence-electron chi connectivity index (χ3n) is 2.82. The molecule has 1 saturated heterocycles. The van der Waals surface area contributed by atoms with Crippen LogP contribution in [0.4, 0.5) is 4.39 Å². The van der Waals surface area contributed by atoms with Gasteiger partial charge in [-0.15, -0.1) is 0 Å². The van der Waals surface area contributed by atoms with Gasteiger partial charge in [0.25, 0.3) is 5.91 Å². The molecule has 16 heavy (non-hydrogen) atoms. The first-order valence-electron chi connectivity index (χ1n) is 5.26. The van der Waals surface area contributed by atoms with Crippen LogP contribution in [0.25, 0.3) is 0 Å². The molecule has 1 atom stereocenters. The number of rotatable bonds is 2. The average Bonchev–Trinajstić information content (AvgIpc) is 2.76. The Kier molecular flexibility index (Phi) is 3.14. The predicted molar refractivity (Wildman–Crippen MR) is 55.3 cm³/mol. The van der Waals surface area contributed by atoms with Gasteiger partial charge < -0.3 is 10.0 Å². The van der Waals surface area contributed by atoms with Crippen molar-refractivity contribution >= 4 is 5.91 Å². The number of amides is 1. The monoisotopic (exact) mass is 224 g/mol. The van der Waals surface area contributed by atoms with Crippen molar-refractivity contribution in [1.82, 2.24) is 9.88 Å². The largest absolute Gasteiger partial charge is 0.394 e. The van der Waals surface area contributed by atoms with E-state index in [1.807, 2.05) is 0 Å². The van der Waals surface area contributed by atoms with Crippen LogP contribution >= 0.6 is 0 Å². The summed E-state index contributed by atoms with van der Waals surface area (Å²) in [5, 5.41) is 9.11. The van der Waals surface area contributed by atoms with Crippen LogP contribution < -0.4 is 0 Å². The summed E-state index contributed by atoms with van der Waals surface area (Å²) in [4.78, 5) is 17.0. The van der Waals surface area contributed by atoms with Gasteiger partial charge in [-0.05, 0) is 18.9 Å². The molecule has 0 aliphatic carbocycles. The fourth-order valence-corrected chi connectivity index (χ4v) is 1.99. The van der Waals surface area contributed by atoms with E-state index in [0.717, 1.165) is 18.9 Å². The fraction of sp³-hybridized carbons (Fsp3) is 0.455. The number of likely N-dealkylation sites (tertiary alicyclic amines) is 1. The van der Waals surface area contributed by atoms with E-state index >= 15 is 0 Å². The van der Waals surface area contributed by atoms with Crippen LogP contribution in [0.15, 0.2) is 18.3 Å². The summed E-state index contributed by atoms with van der Waals surface area (Å²) in [5.41, 5.74) is 0.285. The molecule has 1 unspecified atom stereocenters. The zero-order valence-electron chi connectivity index (χ0n) is 8.77. The minimum absolute atomic E-state index is 0.0424. The van der Waals surface area contributed by atoms with Crippen LogP contribution in [0.1, 0.15) is 23.2 Å². The van der Waals surface area contributed by atoms with Gasteiger partial charge in [-0.1, -0.05) is 0 Å². The average molecular weight is 224 g/mol. The zero-order valence-corrected chi connectivity index (χ0v) is 8.77. The molecule has 86 valence electrons. The maximum absolute atomic E-state index is 12.9. The van der Waals surface area contributed by atoms with Gasteiger partial charge in [-0.25, -0.2) is 4.98 Å². The molecule has 1 amide bonds. The van der Waals surface area contributed by atoms with Crippen molar-refractivity contribution in [2.45, 2.75) is 18.9 Å².